The minimum atomic E-state index is -0.175. The zero-order valence-corrected chi connectivity index (χ0v) is 8.77. The molecule has 0 radical (unpaired) electrons. The molecule has 0 aromatic carbocycles. The average Bonchev–Trinajstić information content (AvgIpc) is 1.84. The Morgan fingerprint density at radius 3 is 2.00 bits per heavy atom. The van der Waals surface area contributed by atoms with Crippen LogP contribution < -0.4 is 5.48 Å². The fraction of sp³-hybridized carbons (Fsp3) is 1.00. The van der Waals surface area contributed by atoms with Crippen LogP contribution in [0.3, 0.4) is 0 Å². The van der Waals surface area contributed by atoms with Crippen LogP contribution in [0.15, 0.2) is 0 Å². The molecule has 0 bridgehead atoms. The van der Waals surface area contributed by atoms with Crippen molar-refractivity contribution in [2.45, 2.75) is 40.2 Å². The number of hydrogen-bond acceptors (Lipinski definition) is 3. The van der Waals surface area contributed by atoms with Gasteiger partial charge in [0.2, 0.25) is 0 Å². The van der Waals surface area contributed by atoms with E-state index in [1.165, 1.54) is 0 Å². The third-order valence-electron chi connectivity index (χ3n) is 1.36. The normalized spacial score (nSPS) is 13.5. The molecule has 0 atom stereocenters. The molecule has 2 N–H and O–H groups in total. The molecule has 3 nitrogen and oxygen atoms in total. The molecular formula is C9H21NO2. The number of hydroxylamine groups is 1. The lowest BCUT2D eigenvalue weighted by Crippen LogP contribution is -2.37. The summed E-state index contributed by atoms with van der Waals surface area (Å²) in [6.45, 7) is 10.7. The Morgan fingerprint density at radius 2 is 1.67 bits per heavy atom. The van der Waals surface area contributed by atoms with E-state index in [0.717, 1.165) is 0 Å². The van der Waals surface area contributed by atoms with Gasteiger partial charge in [-0.2, -0.15) is 0 Å². The van der Waals surface area contributed by atoms with Crippen molar-refractivity contribution in [2.75, 3.05) is 13.2 Å². The van der Waals surface area contributed by atoms with Crippen LogP contribution in [0.25, 0.3) is 0 Å². The molecular weight excluding hydrogens is 154 g/mol. The monoisotopic (exact) mass is 175 g/mol. The van der Waals surface area contributed by atoms with Gasteiger partial charge in [-0.05, 0) is 20.8 Å². The first-order valence-electron chi connectivity index (χ1n) is 4.29. The van der Waals surface area contributed by atoms with Crippen molar-refractivity contribution < 1.29 is 9.94 Å². The van der Waals surface area contributed by atoms with Crippen molar-refractivity contribution in [3.05, 3.63) is 0 Å². The third-order valence-corrected chi connectivity index (χ3v) is 1.36. The van der Waals surface area contributed by atoms with E-state index in [2.05, 4.69) is 5.48 Å². The van der Waals surface area contributed by atoms with Gasteiger partial charge in [0.15, 0.2) is 0 Å². The van der Waals surface area contributed by atoms with Crippen LogP contribution in [-0.4, -0.2) is 23.9 Å². The molecule has 0 saturated heterocycles. The van der Waals surface area contributed by atoms with Crippen LogP contribution in [0.5, 0.6) is 0 Å². The van der Waals surface area contributed by atoms with E-state index in [9.17, 15) is 0 Å². The topological polar surface area (TPSA) is 41.5 Å². The second-order valence-corrected chi connectivity index (χ2v) is 4.86. The van der Waals surface area contributed by atoms with E-state index in [4.69, 9.17) is 9.94 Å². The van der Waals surface area contributed by atoms with Gasteiger partial charge in [0, 0.05) is 18.6 Å². The molecule has 0 aromatic heterocycles. The summed E-state index contributed by atoms with van der Waals surface area (Å²) in [4.78, 5) is 5.31. The Hall–Kier alpha value is -0.120. The number of aliphatic hydroxyl groups excluding tert-OH is 1. The van der Waals surface area contributed by atoms with Gasteiger partial charge in [-0.15, -0.1) is 0 Å². The standard InChI is InChI=1S/C9H21NO2/c1-8(2,3)12-10-6-9(4,5)7-11/h10-11H,6-7H2,1-5H3. The molecule has 12 heavy (non-hydrogen) atoms. The lowest BCUT2D eigenvalue weighted by Gasteiger charge is -2.25. The van der Waals surface area contributed by atoms with Gasteiger partial charge < -0.3 is 5.11 Å². The summed E-state index contributed by atoms with van der Waals surface area (Å²) in [5.74, 6) is 0. The van der Waals surface area contributed by atoms with Gasteiger partial charge in [0.25, 0.3) is 0 Å². The largest absolute Gasteiger partial charge is 0.396 e. The third kappa shape index (κ3) is 6.58. The quantitative estimate of drug-likeness (QED) is 0.633. The molecule has 3 heteroatoms. The van der Waals surface area contributed by atoms with Gasteiger partial charge in [0.05, 0.1) is 5.60 Å². The highest BCUT2D eigenvalue weighted by Gasteiger charge is 2.18. The van der Waals surface area contributed by atoms with Gasteiger partial charge in [-0.25, -0.2) is 5.48 Å². The van der Waals surface area contributed by atoms with Crippen molar-refractivity contribution in [1.29, 1.82) is 0 Å². The van der Waals surface area contributed by atoms with Crippen molar-refractivity contribution in [1.82, 2.24) is 5.48 Å². The molecule has 0 fully saturated rings. The van der Waals surface area contributed by atoms with Crippen molar-refractivity contribution >= 4 is 0 Å². The van der Waals surface area contributed by atoms with E-state index in [1.807, 2.05) is 34.6 Å². The van der Waals surface area contributed by atoms with E-state index in [0.29, 0.717) is 6.54 Å². The van der Waals surface area contributed by atoms with E-state index < -0.39 is 0 Å². The van der Waals surface area contributed by atoms with Gasteiger partial charge in [-0.1, -0.05) is 13.8 Å². The number of hydrogen-bond donors (Lipinski definition) is 2. The first-order chi connectivity index (χ1) is 5.27. The van der Waals surface area contributed by atoms with Gasteiger partial charge >= 0.3 is 0 Å². The van der Waals surface area contributed by atoms with Crippen molar-refractivity contribution in [3.8, 4) is 0 Å². The minimum Gasteiger partial charge on any atom is -0.396 e. The Morgan fingerprint density at radius 1 is 1.17 bits per heavy atom. The maximum absolute atomic E-state index is 8.93. The van der Waals surface area contributed by atoms with Crippen LogP contribution in [0.4, 0.5) is 0 Å². The molecule has 0 aliphatic carbocycles. The highest BCUT2D eigenvalue weighted by Crippen LogP contribution is 2.12. The molecule has 0 saturated carbocycles. The average molecular weight is 175 g/mol. The fourth-order valence-electron chi connectivity index (χ4n) is 0.504. The summed E-state index contributed by atoms with van der Waals surface area (Å²) < 4.78 is 0. The molecule has 0 aliphatic heterocycles. The fourth-order valence-corrected chi connectivity index (χ4v) is 0.504. The molecule has 0 aliphatic rings. The lowest BCUT2D eigenvalue weighted by molar-refractivity contribution is -0.0857. The predicted octanol–water partition coefficient (Wildman–Crippen LogP) is 1.32. The second kappa shape index (κ2) is 4.21. The first kappa shape index (κ1) is 11.9. The minimum absolute atomic E-state index is 0.120. The van der Waals surface area contributed by atoms with Crippen LogP contribution in [0.2, 0.25) is 0 Å². The summed E-state index contributed by atoms with van der Waals surface area (Å²) in [5, 5.41) is 8.93. The van der Waals surface area contributed by atoms with Crippen LogP contribution in [-0.2, 0) is 4.84 Å². The molecule has 0 heterocycles. The zero-order chi connectivity index (χ0) is 9.83. The molecule has 0 rings (SSSR count). The number of rotatable bonds is 4. The Bertz CT molecular complexity index is 127. The molecule has 0 spiro atoms. The van der Waals surface area contributed by atoms with Gasteiger partial charge in [-0.3, -0.25) is 4.84 Å². The smallest absolute Gasteiger partial charge is 0.0812 e. The van der Waals surface area contributed by atoms with Crippen LogP contribution in [0.1, 0.15) is 34.6 Å². The second-order valence-electron chi connectivity index (χ2n) is 4.86. The maximum atomic E-state index is 8.93. The molecule has 0 unspecified atom stereocenters. The van der Waals surface area contributed by atoms with E-state index >= 15 is 0 Å². The zero-order valence-electron chi connectivity index (χ0n) is 8.77. The highest BCUT2D eigenvalue weighted by atomic mass is 16.7. The van der Waals surface area contributed by atoms with E-state index in [-0.39, 0.29) is 17.6 Å². The summed E-state index contributed by atoms with van der Waals surface area (Å²) in [6, 6.07) is 0. The Labute approximate surface area is 75.1 Å². The lowest BCUT2D eigenvalue weighted by atomic mass is 9.96. The summed E-state index contributed by atoms with van der Waals surface area (Å²) in [5.41, 5.74) is 2.56. The predicted molar refractivity (Wildman–Crippen MR) is 49.7 cm³/mol. The first-order valence-corrected chi connectivity index (χ1v) is 4.29. The summed E-state index contributed by atoms with van der Waals surface area (Å²) in [6.07, 6.45) is 0. The van der Waals surface area contributed by atoms with E-state index in [1.54, 1.807) is 0 Å². The molecule has 74 valence electrons. The maximum Gasteiger partial charge on any atom is 0.0812 e. The Kier molecular flexibility index (Phi) is 4.17. The van der Waals surface area contributed by atoms with Gasteiger partial charge in [0.1, 0.15) is 0 Å². The Balaban J connectivity index is 3.57. The summed E-state index contributed by atoms with van der Waals surface area (Å²) in [7, 11) is 0. The summed E-state index contributed by atoms with van der Waals surface area (Å²) >= 11 is 0. The van der Waals surface area contributed by atoms with Crippen LogP contribution in [0, 0.1) is 5.41 Å². The molecule has 0 amide bonds. The molecule has 0 aromatic rings. The highest BCUT2D eigenvalue weighted by molar-refractivity contribution is 4.68. The SMILES string of the molecule is CC(C)(CO)CNOC(C)(C)C. The van der Waals surface area contributed by atoms with Crippen LogP contribution >= 0.6 is 0 Å². The van der Waals surface area contributed by atoms with Crippen molar-refractivity contribution in [3.63, 3.8) is 0 Å². The number of nitrogens with one attached hydrogen (secondary N) is 1. The van der Waals surface area contributed by atoms with Crippen molar-refractivity contribution in [2.24, 2.45) is 5.41 Å². The number of aliphatic hydroxyl groups is 1.